The fraction of sp³-hybridized carbons (Fsp3) is 0.933. The molecule has 2 bridgehead atoms. The van der Waals surface area contributed by atoms with Crippen molar-refractivity contribution in [3.63, 3.8) is 0 Å². The van der Waals surface area contributed by atoms with E-state index in [0.717, 1.165) is 13.5 Å². The van der Waals surface area contributed by atoms with Crippen molar-refractivity contribution in [2.45, 2.75) is 65.1 Å². The predicted octanol–water partition coefficient (Wildman–Crippen LogP) is 2.02. The van der Waals surface area contributed by atoms with E-state index in [0.29, 0.717) is 12.2 Å². The molecule has 2 aliphatic heterocycles. The number of ether oxygens (including phenoxy) is 2. The molecular weight excluding hydrogens is 322 g/mol. The lowest BCUT2D eigenvalue weighted by Crippen LogP contribution is -2.24. The van der Waals surface area contributed by atoms with Crippen molar-refractivity contribution in [2.75, 3.05) is 21.3 Å². The first-order valence-corrected chi connectivity index (χ1v) is 9.25. The van der Waals surface area contributed by atoms with Crippen molar-refractivity contribution in [1.29, 1.82) is 0 Å². The molecule has 7 nitrogen and oxygen atoms in total. The third-order valence-corrected chi connectivity index (χ3v) is 5.04. The topological polar surface area (TPSA) is 90.9 Å². The molecule has 1 N–H and O–H groups in total. The van der Waals surface area contributed by atoms with Gasteiger partial charge in [-0.25, -0.2) is 0 Å². The van der Waals surface area contributed by atoms with Gasteiger partial charge in [-0.2, -0.15) is 13.1 Å². The zero-order chi connectivity index (χ0) is 18.1. The molecule has 8 heteroatoms. The summed E-state index contributed by atoms with van der Waals surface area (Å²) in [5.74, 6) is -0.134. The van der Waals surface area contributed by atoms with Crippen molar-refractivity contribution in [3.8, 4) is 0 Å². The Labute approximate surface area is 140 Å². The average Bonchev–Trinajstić information content (AvgIpc) is 3.20. The maximum atomic E-state index is 10.8. The van der Waals surface area contributed by atoms with E-state index in [1.54, 1.807) is 0 Å². The highest BCUT2D eigenvalue weighted by atomic mass is 32.2. The fourth-order valence-electron chi connectivity index (χ4n) is 2.08. The number of hydrogen-bond donors (Lipinski definition) is 1. The van der Waals surface area contributed by atoms with E-state index in [1.165, 1.54) is 39.8 Å². The van der Waals surface area contributed by atoms with Gasteiger partial charge in [0.15, 0.2) is 0 Å². The maximum absolute atomic E-state index is 10.8. The molecule has 0 aromatic heterocycles. The van der Waals surface area contributed by atoms with E-state index in [9.17, 15) is 13.2 Å². The summed E-state index contributed by atoms with van der Waals surface area (Å²) in [6, 6.07) is 0. The van der Waals surface area contributed by atoms with Gasteiger partial charge < -0.3 is 9.47 Å². The molecular formula is C15H31NO6S. The molecule has 0 radical (unpaired) electrons. The standard InChI is InChI=1S/C7H14O2.C6H10O.C2H7NO3S/c1-5-7(2,3)6(8)9-4;1-2-6-4-3-5(1)7-6;1-3-7(4,5)6-2/h5H2,1-4H3;5-6H,1-4H2;3H,1-2H3. The second kappa shape index (κ2) is 10.2. The van der Waals surface area contributed by atoms with Crippen LogP contribution in [0.4, 0.5) is 0 Å². The van der Waals surface area contributed by atoms with Gasteiger partial charge in [0.05, 0.1) is 31.8 Å². The molecule has 0 aromatic carbocycles. The smallest absolute Gasteiger partial charge is 0.335 e. The lowest BCUT2D eigenvalue weighted by Gasteiger charge is -2.17. The van der Waals surface area contributed by atoms with Crippen LogP contribution in [-0.2, 0) is 28.8 Å². The third-order valence-electron chi connectivity index (χ3n) is 4.10. The second-order valence-corrected chi connectivity index (χ2v) is 7.74. The van der Waals surface area contributed by atoms with Gasteiger partial charge in [-0.05, 0) is 46.0 Å². The molecule has 0 aromatic rings. The normalized spacial score (nSPS) is 22.5. The summed E-state index contributed by atoms with van der Waals surface area (Å²) in [4.78, 5) is 10.8. The van der Waals surface area contributed by atoms with Gasteiger partial charge in [0, 0.05) is 7.05 Å². The molecule has 0 spiro atoms. The minimum atomic E-state index is -3.41. The Kier molecular flexibility index (Phi) is 9.91. The quantitative estimate of drug-likeness (QED) is 0.778. The Balaban J connectivity index is 0.000000318. The monoisotopic (exact) mass is 353 g/mol. The molecule has 0 unspecified atom stereocenters. The van der Waals surface area contributed by atoms with Crippen LogP contribution < -0.4 is 4.72 Å². The van der Waals surface area contributed by atoms with Gasteiger partial charge in [0.2, 0.25) is 0 Å². The Morgan fingerprint density at radius 2 is 1.61 bits per heavy atom. The highest BCUT2D eigenvalue weighted by molar-refractivity contribution is 7.84. The number of esters is 1. The minimum absolute atomic E-state index is 0.134. The molecule has 2 aliphatic rings. The molecule has 0 saturated carbocycles. The highest BCUT2D eigenvalue weighted by Crippen LogP contribution is 2.33. The number of hydrogen-bond acceptors (Lipinski definition) is 6. The minimum Gasteiger partial charge on any atom is -0.469 e. The molecule has 0 aliphatic carbocycles. The lowest BCUT2D eigenvalue weighted by atomic mass is 9.91. The van der Waals surface area contributed by atoms with Crippen molar-refractivity contribution in [1.82, 2.24) is 4.72 Å². The summed E-state index contributed by atoms with van der Waals surface area (Å²) < 4.78 is 36.0. The van der Waals surface area contributed by atoms with E-state index in [2.05, 4.69) is 8.92 Å². The van der Waals surface area contributed by atoms with Crippen LogP contribution in [0.2, 0.25) is 0 Å². The van der Waals surface area contributed by atoms with Gasteiger partial charge in [-0.1, -0.05) is 6.92 Å². The first kappa shape index (κ1) is 22.3. The molecule has 23 heavy (non-hydrogen) atoms. The average molecular weight is 353 g/mol. The van der Waals surface area contributed by atoms with E-state index in [4.69, 9.17) is 4.74 Å². The van der Waals surface area contributed by atoms with Crippen LogP contribution in [-0.4, -0.2) is 47.9 Å². The summed E-state index contributed by atoms with van der Waals surface area (Å²) in [5.41, 5.74) is -0.311. The molecule has 2 heterocycles. The number of nitrogens with one attached hydrogen (secondary N) is 1. The molecule has 138 valence electrons. The molecule has 2 fully saturated rings. The van der Waals surface area contributed by atoms with Crippen LogP contribution in [0.5, 0.6) is 0 Å². The second-order valence-electron chi connectivity index (χ2n) is 6.09. The van der Waals surface area contributed by atoms with E-state index in [-0.39, 0.29) is 11.4 Å². The Morgan fingerprint density at radius 3 is 1.70 bits per heavy atom. The summed E-state index contributed by atoms with van der Waals surface area (Å²) in [6.07, 6.45) is 7.51. The van der Waals surface area contributed by atoms with Crippen LogP contribution in [0.15, 0.2) is 0 Å². The van der Waals surface area contributed by atoms with Crippen molar-refractivity contribution in [3.05, 3.63) is 0 Å². The zero-order valence-corrected chi connectivity index (χ0v) is 15.9. The maximum Gasteiger partial charge on any atom is 0.335 e. The molecule has 2 saturated heterocycles. The Bertz CT molecular complexity index is 421. The van der Waals surface area contributed by atoms with Crippen molar-refractivity contribution in [2.24, 2.45) is 5.41 Å². The number of methoxy groups -OCH3 is 1. The fourth-order valence-corrected chi connectivity index (χ4v) is 2.25. The largest absolute Gasteiger partial charge is 0.469 e. The van der Waals surface area contributed by atoms with Crippen LogP contribution in [0.25, 0.3) is 0 Å². The Morgan fingerprint density at radius 1 is 1.17 bits per heavy atom. The van der Waals surface area contributed by atoms with Gasteiger partial charge in [-0.15, -0.1) is 0 Å². The molecule has 0 amide bonds. The predicted molar refractivity (Wildman–Crippen MR) is 88.2 cm³/mol. The van der Waals surface area contributed by atoms with Crippen LogP contribution >= 0.6 is 0 Å². The van der Waals surface area contributed by atoms with Crippen LogP contribution in [0.3, 0.4) is 0 Å². The first-order valence-electron chi connectivity index (χ1n) is 7.84. The Hall–Kier alpha value is -0.700. The summed E-state index contributed by atoms with van der Waals surface area (Å²) >= 11 is 0. The first-order chi connectivity index (χ1) is 10.6. The summed E-state index contributed by atoms with van der Waals surface area (Å²) in [6.45, 7) is 5.72. The third kappa shape index (κ3) is 8.64. The van der Waals surface area contributed by atoms with Gasteiger partial charge >= 0.3 is 16.3 Å². The van der Waals surface area contributed by atoms with E-state index in [1.807, 2.05) is 25.5 Å². The van der Waals surface area contributed by atoms with Gasteiger partial charge in [-0.3, -0.25) is 8.98 Å². The van der Waals surface area contributed by atoms with Gasteiger partial charge in [0.25, 0.3) is 0 Å². The van der Waals surface area contributed by atoms with E-state index < -0.39 is 10.3 Å². The lowest BCUT2D eigenvalue weighted by molar-refractivity contribution is -0.150. The molecule has 0 atom stereocenters. The summed E-state index contributed by atoms with van der Waals surface area (Å²) in [5, 5.41) is 0. The summed E-state index contributed by atoms with van der Waals surface area (Å²) in [7, 11) is 0.375. The zero-order valence-electron chi connectivity index (χ0n) is 15.0. The molecule has 2 rings (SSSR count). The van der Waals surface area contributed by atoms with Crippen LogP contribution in [0, 0.1) is 5.41 Å². The number of fused-ring (bicyclic) bond motifs is 2. The highest BCUT2D eigenvalue weighted by Gasteiger charge is 2.31. The SMILES string of the molecule is C1CC2CCC1O2.CCC(C)(C)C(=O)OC.CNS(=O)(=O)OC. The van der Waals surface area contributed by atoms with Crippen molar-refractivity contribution < 1.29 is 26.9 Å². The number of carbonyl (C=O) groups excluding carboxylic acids is 1. The van der Waals surface area contributed by atoms with Crippen LogP contribution in [0.1, 0.15) is 52.9 Å². The number of carbonyl (C=O) groups is 1. The van der Waals surface area contributed by atoms with Crippen molar-refractivity contribution >= 4 is 16.3 Å². The number of rotatable bonds is 4. The van der Waals surface area contributed by atoms with E-state index >= 15 is 0 Å². The van der Waals surface area contributed by atoms with Gasteiger partial charge in [0.1, 0.15) is 0 Å².